The Morgan fingerprint density at radius 1 is 1.16 bits per heavy atom. The third-order valence-corrected chi connectivity index (χ3v) is 6.19. The van der Waals surface area contributed by atoms with Gasteiger partial charge >= 0.3 is 5.97 Å². The summed E-state index contributed by atoms with van der Waals surface area (Å²) in [5, 5.41) is 4.39. The van der Waals surface area contributed by atoms with Crippen LogP contribution in [0.5, 0.6) is 5.75 Å². The van der Waals surface area contributed by atoms with Gasteiger partial charge in [0.1, 0.15) is 16.3 Å². The number of methoxy groups -OCH3 is 1. The number of sulfonamides is 1. The maximum Gasteiger partial charge on any atom is 0.346 e. The smallest absolute Gasteiger partial charge is 0.346 e. The predicted molar refractivity (Wildman–Crippen MR) is 116 cm³/mol. The number of halogens is 1. The normalized spacial score (nSPS) is 11.3. The average molecular weight is 465 g/mol. The monoisotopic (exact) mass is 464 g/mol. The van der Waals surface area contributed by atoms with Crippen molar-refractivity contribution in [3.8, 4) is 17.0 Å². The lowest BCUT2D eigenvalue weighted by Crippen LogP contribution is -2.17. The van der Waals surface area contributed by atoms with E-state index in [-0.39, 0.29) is 34.4 Å². The molecule has 1 N–H and O–H groups in total. The number of rotatable bonds is 7. The first-order valence-electron chi connectivity index (χ1n) is 9.28. The largest absolute Gasteiger partial charge is 0.495 e. The summed E-state index contributed by atoms with van der Waals surface area (Å²) in [6.45, 7) is 5.35. The highest BCUT2D eigenvalue weighted by Crippen LogP contribution is 2.34. The van der Waals surface area contributed by atoms with Crippen LogP contribution in [0.3, 0.4) is 0 Å². The standard InChI is InChI=1S/C21H21ClN2O6S/c1-5-29-21(25)18-19(14-6-8-15(22)9-7-14)23-30-20(18)24-31(26,27)17-11-13(3)12(2)10-16(17)28-4/h6-11,24H,5H2,1-4H3. The number of aromatic nitrogens is 1. The van der Waals surface area contributed by atoms with Crippen LogP contribution >= 0.6 is 11.6 Å². The summed E-state index contributed by atoms with van der Waals surface area (Å²) in [6.07, 6.45) is 0. The zero-order valence-corrected chi connectivity index (χ0v) is 18.9. The first kappa shape index (κ1) is 22.6. The molecule has 31 heavy (non-hydrogen) atoms. The minimum Gasteiger partial charge on any atom is -0.495 e. The number of aryl methyl sites for hydroxylation is 2. The molecule has 3 aromatic rings. The maximum absolute atomic E-state index is 13.1. The van der Waals surface area contributed by atoms with Crippen molar-refractivity contribution in [2.45, 2.75) is 25.7 Å². The Morgan fingerprint density at radius 3 is 2.42 bits per heavy atom. The molecule has 0 saturated heterocycles. The van der Waals surface area contributed by atoms with Gasteiger partial charge in [0, 0.05) is 10.6 Å². The van der Waals surface area contributed by atoms with Crippen LogP contribution in [-0.4, -0.2) is 33.3 Å². The highest BCUT2D eigenvalue weighted by atomic mass is 35.5. The Bertz CT molecular complexity index is 1220. The number of carbonyl (C=O) groups is 1. The second-order valence-electron chi connectivity index (χ2n) is 6.66. The molecule has 2 aromatic carbocycles. The van der Waals surface area contributed by atoms with E-state index in [1.807, 2.05) is 6.92 Å². The van der Waals surface area contributed by atoms with Gasteiger partial charge in [0.25, 0.3) is 15.9 Å². The van der Waals surface area contributed by atoms with Gasteiger partial charge in [0.15, 0.2) is 5.56 Å². The van der Waals surface area contributed by atoms with Crippen molar-refractivity contribution in [3.63, 3.8) is 0 Å². The van der Waals surface area contributed by atoms with Crippen LogP contribution in [0.25, 0.3) is 11.3 Å². The molecule has 0 amide bonds. The number of esters is 1. The number of ether oxygens (including phenoxy) is 2. The van der Waals surface area contributed by atoms with E-state index in [9.17, 15) is 13.2 Å². The van der Waals surface area contributed by atoms with E-state index in [1.165, 1.54) is 13.2 Å². The van der Waals surface area contributed by atoms with Gasteiger partial charge in [-0.1, -0.05) is 28.9 Å². The van der Waals surface area contributed by atoms with Crippen LogP contribution in [0.15, 0.2) is 45.8 Å². The molecular formula is C21H21ClN2O6S. The van der Waals surface area contributed by atoms with Crippen molar-refractivity contribution in [3.05, 3.63) is 58.1 Å². The summed E-state index contributed by atoms with van der Waals surface area (Å²) < 4.78 is 44.1. The van der Waals surface area contributed by atoms with Crippen molar-refractivity contribution >= 4 is 33.5 Å². The lowest BCUT2D eigenvalue weighted by atomic mass is 10.1. The number of carbonyl (C=O) groups excluding carboxylic acids is 1. The highest BCUT2D eigenvalue weighted by molar-refractivity contribution is 7.92. The van der Waals surface area contributed by atoms with Gasteiger partial charge < -0.3 is 14.0 Å². The summed E-state index contributed by atoms with van der Waals surface area (Å²) in [5.74, 6) is -0.979. The lowest BCUT2D eigenvalue weighted by Gasteiger charge is -2.13. The number of hydrogen-bond donors (Lipinski definition) is 1. The van der Waals surface area contributed by atoms with E-state index in [4.69, 9.17) is 25.6 Å². The molecule has 8 nitrogen and oxygen atoms in total. The Kier molecular flexibility index (Phi) is 6.56. The first-order valence-corrected chi connectivity index (χ1v) is 11.1. The molecule has 1 heterocycles. The van der Waals surface area contributed by atoms with Crippen LogP contribution in [0.2, 0.25) is 5.02 Å². The quantitative estimate of drug-likeness (QED) is 0.509. The zero-order chi connectivity index (χ0) is 22.8. The van der Waals surface area contributed by atoms with Crippen LogP contribution in [0, 0.1) is 13.8 Å². The van der Waals surface area contributed by atoms with E-state index in [1.54, 1.807) is 44.2 Å². The first-order chi connectivity index (χ1) is 14.7. The summed E-state index contributed by atoms with van der Waals surface area (Å²) in [7, 11) is -2.80. The minimum atomic E-state index is -4.18. The van der Waals surface area contributed by atoms with Crippen molar-refractivity contribution in [1.29, 1.82) is 0 Å². The fraction of sp³-hybridized carbons (Fsp3) is 0.238. The van der Waals surface area contributed by atoms with E-state index < -0.39 is 16.0 Å². The number of nitrogens with zero attached hydrogens (tertiary/aromatic N) is 1. The van der Waals surface area contributed by atoms with Gasteiger partial charge in [-0.15, -0.1) is 0 Å². The molecule has 0 aliphatic heterocycles. The van der Waals surface area contributed by atoms with Crippen LogP contribution in [-0.2, 0) is 14.8 Å². The number of anilines is 1. The third-order valence-electron chi connectivity index (χ3n) is 4.59. The van der Waals surface area contributed by atoms with Crippen LogP contribution in [0.1, 0.15) is 28.4 Å². The molecule has 0 radical (unpaired) electrons. The van der Waals surface area contributed by atoms with Gasteiger partial charge in [-0.05, 0) is 56.2 Å². The Morgan fingerprint density at radius 2 is 1.81 bits per heavy atom. The molecule has 0 fully saturated rings. The van der Waals surface area contributed by atoms with Crippen molar-refractivity contribution in [1.82, 2.24) is 5.16 Å². The minimum absolute atomic E-state index is 0.0846. The second kappa shape index (κ2) is 8.99. The lowest BCUT2D eigenvalue weighted by molar-refractivity contribution is 0.0528. The average Bonchev–Trinajstić information content (AvgIpc) is 3.13. The van der Waals surface area contributed by atoms with Gasteiger partial charge in [0.2, 0.25) is 0 Å². The summed E-state index contributed by atoms with van der Waals surface area (Å²) in [4.78, 5) is 12.5. The second-order valence-corrected chi connectivity index (χ2v) is 8.74. The molecule has 0 spiro atoms. The number of nitrogens with one attached hydrogen (secondary N) is 1. The molecule has 3 rings (SSSR count). The fourth-order valence-electron chi connectivity index (χ4n) is 2.87. The number of benzene rings is 2. The molecule has 0 unspecified atom stereocenters. The summed E-state index contributed by atoms with van der Waals surface area (Å²) in [6, 6.07) is 9.60. The van der Waals surface area contributed by atoms with Gasteiger partial charge in [0.05, 0.1) is 13.7 Å². The predicted octanol–water partition coefficient (Wildman–Crippen LogP) is 4.60. The van der Waals surface area contributed by atoms with Crippen LogP contribution < -0.4 is 9.46 Å². The maximum atomic E-state index is 13.1. The van der Waals surface area contributed by atoms with E-state index in [2.05, 4.69) is 9.88 Å². The molecule has 0 aliphatic rings. The van der Waals surface area contributed by atoms with E-state index in [0.717, 1.165) is 11.1 Å². The molecule has 1 aromatic heterocycles. The molecule has 0 atom stereocenters. The molecule has 164 valence electrons. The third kappa shape index (κ3) is 4.67. The molecule has 0 saturated carbocycles. The number of hydrogen-bond acceptors (Lipinski definition) is 7. The zero-order valence-electron chi connectivity index (χ0n) is 17.4. The van der Waals surface area contributed by atoms with Crippen molar-refractivity contribution in [2.24, 2.45) is 0 Å². The molecule has 0 aliphatic carbocycles. The van der Waals surface area contributed by atoms with Crippen LogP contribution in [0.4, 0.5) is 5.88 Å². The van der Waals surface area contributed by atoms with Gasteiger partial charge in [-0.3, -0.25) is 0 Å². The van der Waals surface area contributed by atoms with Gasteiger partial charge in [-0.25, -0.2) is 17.9 Å². The van der Waals surface area contributed by atoms with E-state index >= 15 is 0 Å². The molecule has 0 bridgehead atoms. The topological polar surface area (TPSA) is 108 Å². The Labute approximate surface area is 185 Å². The highest BCUT2D eigenvalue weighted by Gasteiger charge is 2.30. The van der Waals surface area contributed by atoms with Gasteiger partial charge in [-0.2, -0.15) is 0 Å². The summed E-state index contributed by atoms with van der Waals surface area (Å²) in [5.41, 5.74) is 2.11. The summed E-state index contributed by atoms with van der Waals surface area (Å²) >= 11 is 5.92. The molecular weight excluding hydrogens is 444 g/mol. The van der Waals surface area contributed by atoms with Crippen molar-refractivity contribution in [2.75, 3.05) is 18.4 Å². The Hall–Kier alpha value is -3.04. The van der Waals surface area contributed by atoms with E-state index in [0.29, 0.717) is 10.6 Å². The molecule has 10 heteroatoms. The SMILES string of the molecule is CCOC(=O)c1c(-c2ccc(Cl)cc2)noc1NS(=O)(=O)c1cc(C)c(C)cc1OC. The fourth-order valence-corrected chi connectivity index (χ4v) is 4.23. The Balaban J connectivity index is 2.10. The van der Waals surface area contributed by atoms with Crippen molar-refractivity contribution < 1.29 is 27.2 Å².